The number of rotatable bonds is 1. The van der Waals surface area contributed by atoms with Crippen LogP contribution in [0.15, 0.2) is 27.7 Å². The summed E-state index contributed by atoms with van der Waals surface area (Å²) in [4.78, 5) is 0. The van der Waals surface area contributed by atoms with E-state index in [1.54, 1.807) is 0 Å². The molecule has 0 atom stereocenters. The normalized spacial score (nSPS) is 12.2. The summed E-state index contributed by atoms with van der Waals surface area (Å²) >= 11 is 11.5. The Bertz CT molecular complexity index is 591. The first-order valence-electron chi connectivity index (χ1n) is 3.71. The van der Waals surface area contributed by atoms with E-state index in [9.17, 15) is 8.42 Å². The van der Waals surface area contributed by atoms with E-state index >= 15 is 0 Å². The van der Waals surface area contributed by atoms with Gasteiger partial charge >= 0.3 is 0 Å². The SMILES string of the molecule is O=S(=O)(Cl)c1cc2cc(Cl)c(Cl)cc2o1. The molecule has 1 heterocycles. The third kappa shape index (κ3) is 2.08. The molecular weight excluding hydrogens is 283 g/mol. The standard InChI is InChI=1S/C8H3Cl3O3S/c9-5-1-4-2-8(15(11,12)13)14-7(4)3-6(5)10/h1-3H. The molecule has 0 aliphatic heterocycles. The molecule has 15 heavy (non-hydrogen) atoms. The fraction of sp³-hybridized carbons (Fsp3) is 0. The minimum Gasteiger partial charge on any atom is -0.443 e. The van der Waals surface area contributed by atoms with Gasteiger partial charge < -0.3 is 4.42 Å². The van der Waals surface area contributed by atoms with Gasteiger partial charge in [0.1, 0.15) is 5.58 Å². The maximum absolute atomic E-state index is 11.0. The van der Waals surface area contributed by atoms with E-state index < -0.39 is 9.05 Å². The van der Waals surface area contributed by atoms with E-state index in [4.69, 9.17) is 38.3 Å². The van der Waals surface area contributed by atoms with E-state index in [0.29, 0.717) is 16.0 Å². The third-order valence-electron chi connectivity index (χ3n) is 1.78. The lowest BCUT2D eigenvalue weighted by atomic mass is 10.3. The second-order valence-electron chi connectivity index (χ2n) is 2.81. The van der Waals surface area contributed by atoms with Crippen molar-refractivity contribution < 1.29 is 12.8 Å². The molecule has 0 N–H and O–H groups in total. The molecule has 0 unspecified atom stereocenters. The molecule has 0 bridgehead atoms. The Kier molecular flexibility index (Phi) is 2.63. The van der Waals surface area contributed by atoms with Crippen molar-refractivity contribution in [2.45, 2.75) is 5.09 Å². The number of hydrogen-bond donors (Lipinski definition) is 0. The molecular formula is C8H3Cl3O3S. The van der Waals surface area contributed by atoms with E-state index in [0.717, 1.165) is 0 Å². The average Bonchev–Trinajstić information content (AvgIpc) is 2.47. The summed E-state index contributed by atoms with van der Waals surface area (Å²) in [6.07, 6.45) is 0. The van der Waals surface area contributed by atoms with Gasteiger partial charge in [-0.25, -0.2) is 8.42 Å². The Hall–Kier alpha value is -0.420. The first-order chi connectivity index (χ1) is 6.88. The van der Waals surface area contributed by atoms with Gasteiger partial charge in [0.05, 0.1) is 10.0 Å². The Balaban J connectivity index is 2.77. The molecule has 0 amide bonds. The van der Waals surface area contributed by atoms with Crippen molar-refractivity contribution in [2.24, 2.45) is 0 Å². The summed E-state index contributed by atoms with van der Waals surface area (Å²) in [5.41, 5.74) is 0.323. The summed E-state index contributed by atoms with van der Waals surface area (Å²) in [6.45, 7) is 0. The number of halogens is 3. The summed E-state index contributed by atoms with van der Waals surface area (Å²) < 4.78 is 27.0. The molecule has 7 heteroatoms. The molecule has 0 saturated heterocycles. The number of hydrogen-bond acceptors (Lipinski definition) is 3. The van der Waals surface area contributed by atoms with Crippen LogP contribution >= 0.6 is 33.9 Å². The van der Waals surface area contributed by atoms with Gasteiger partial charge in [-0.15, -0.1) is 0 Å². The summed E-state index contributed by atoms with van der Waals surface area (Å²) in [7, 11) is 1.25. The van der Waals surface area contributed by atoms with Crippen LogP contribution in [0.1, 0.15) is 0 Å². The average molecular weight is 286 g/mol. The molecule has 1 aromatic carbocycles. The topological polar surface area (TPSA) is 47.3 Å². The summed E-state index contributed by atoms with van der Waals surface area (Å²) in [5, 5.41) is 0.821. The summed E-state index contributed by atoms with van der Waals surface area (Å²) in [5.74, 6) is 0. The number of fused-ring (bicyclic) bond motifs is 1. The van der Waals surface area contributed by atoms with Gasteiger partial charge in [-0.05, 0) is 6.07 Å². The van der Waals surface area contributed by atoms with E-state index in [1.165, 1.54) is 18.2 Å². The number of benzene rings is 1. The highest BCUT2D eigenvalue weighted by molar-refractivity contribution is 8.13. The molecule has 0 spiro atoms. The third-order valence-corrected chi connectivity index (χ3v) is 3.64. The van der Waals surface area contributed by atoms with E-state index in [2.05, 4.69) is 0 Å². The second-order valence-corrected chi connectivity index (χ2v) is 6.12. The van der Waals surface area contributed by atoms with Gasteiger partial charge in [0.15, 0.2) is 0 Å². The van der Waals surface area contributed by atoms with Crippen LogP contribution in [0.5, 0.6) is 0 Å². The van der Waals surface area contributed by atoms with Crippen molar-refractivity contribution in [2.75, 3.05) is 0 Å². The molecule has 1 aromatic heterocycles. The Morgan fingerprint density at radius 2 is 1.67 bits per heavy atom. The molecule has 3 nitrogen and oxygen atoms in total. The predicted octanol–water partition coefficient (Wildman–Crippen LogP) is 3.67. The molecule has 2 aromatic rings. The van der Waals surface area contributed by atoms with E-state index in [1.807, 2.05) is 0 Å². The van der Waals surface area contributed by atoms with Gasteiger partial charge in [0.25, 0.3) is 9.05 Å². The quantitative estimate of drug-likeness (QED) is 0.751. The first-order valence-corrected chi connectivity index (χ1v) is 6.78. The molecule has 0 saturated carbocycles. The predicted molar refractivity (Wildman–Crippen MR) is 59.3 cm³/mol. The minimum absolute atomic E-state index is 0.289. The maximum atomic E-state index is 11.0. The lowest BCUT2D eigenvalue weighted by molar-refractivity contribution is 0.488. The highest BCUT2D eigenvalue weighted by atomic mass is 35.7. The molecule has 0 aliphatic rings. The molecule has 0 aliphatic carbocycles. The minimum atomic E-state index is -3.87. The second kappa shape index (κ2) is 3.56. The number of furan rings is 1. The van der Waals surface area contributed by atoms with Gasteiger partial charge in [-0.3, -0.25) is 0 Å². The lowest BCUT2D eigenvalue weighted by Crippen LogP contribution is -1.84. The Labute approximate surface area is 99.9 Å². The summed E-state index contributed by atoms with van der Waals surface area (Å²) in [6, 6.07) is 4.24. The fourth-order valence-electron chi connectivity index (χ4n) is 1.13. The van der Waals surface area contributed by atoms with Crippen LogP contribution in [-0.4, -0.2) is 8.42 Å². The van der Waals surface area contributed by atoms with Crippen molar-refractivity contribution in [3.05, 3.63) is 28.2 Å². The van der Waals surface area contributed by atoms with Crippen molar-refractivity contribution in [3.8, 4) is 0 Å². The largest absolute Gasteiger partial charge is 0.443 e. The van der Waals surface area contributed by atoms with E-state index in [-0.39, 0.29) is 10.1 Å². The van der Waals surface area contributed by atoms with Gasteiger partial charge in [-0.1, -0.05) is 23.2 Å². The van der Waals surface area contributed by atoms with Crippen molar-refractivity contribution in [3.63, 3.8) is 0 Å². The first kappa shape index (κ1) is 11.1. The monoisotopic (exact) mass is 284 g/mol. The molecule has 0 fully saturated rings. The van der Waals surface area contributed by atoms with Gasteiger partial charge in [-0.2, -0.15) is 0 Å². The Morgan fingerprint density at radius 3 is 2.27 bits per heavy atom. The smallest absolute Gasteiger partial charge is 0.294 e. The van der Waals surface area contributed by atoms with Crippen LogP contribution in [0.2, 0.25) is 10.0 Å². The Morgan fingerprint density at radius 1 is 1.07 bits per heavy atom. The van der Waals surface area contributed by atoms with Gasteiger partial charge in [0.2, 0.25) is 5.09 Å². The van der Waals surface area contributed by atoms with Crippen LogP contribution in [0.3, 0.4) is 0 Å². The highest BCUT2D eigenvalue weighted by Crippen LogP contribution is 2.31. The van der Waals surface area contributed by atoms with Crippen LogP contribution in [0.25, 0.3) is 11.0 Å². The van der Waals surface area contributed by atoms with Gasteiger partial charge in [0, 0.05) is 28.2 Å². The van der Waals surface area contributed by atoms with Crippen LogP contribution in [-0.2, 0) is 9.05 Å². The zero-order valence-corrected chi connectivity index (χ0v) is 10.1. The molecule has 2 rings (SSSR count). The van der Waals surface area contributed by atoms with Crippen LogP contribution in [0.4, 0.5) is 0 Å². The van der Waals surface area contributed by atoms with Crippen molar-refractivity contribution >= 4 is 53.9 Å². The highest BCUT2D eigenvalue weighted by Gasteiger charge is 2.17. The zero-order valence-electron chi connectivity index (χ0n) is 7.00. The maximum Gasteiger partial charge on any atom is 0.294 e. The van der Waals surface area contributed by atoms with Crippen LogP contribution in [0, 0.1) is 0 Å². The fourth-order valence-corrected chi connectivity index (χ4v) is 2.14. The zero-order chi connectivity index (χ0) is 11.2. The lowest BCUT2D eigenvalue weighted by Gasteiger charge is -1.93. The van der Waals surface area contributed by atoms with Crippen LogP contribution < -0.4 is 0 Å². The molecule has 0 radical (unpaired) electrons. The molecule has 80 valence electrons. The van der Waals surface area contributed by atoms with Crippen molar-refractivity contribution in [1.82, 2.24) is 0 Å². The van der Waals surface area contributed by atoms with Crippen molar-refractivity contribution in [1.29, 1.82) is 0 Å².